The normalized spacial score (nSPS) is 16.2. The Labute approximate surface area is 488 Å². The number of amides is 9. The molecule has 1 aliphatic heterocycles. The van der Waals surface area contributed by atoms with Crippen molar-refractivity contribution in [2.24, 2.45) is 56.2 Å². The maximum atomic E-state index is 14.6. The maximum Gasteiger partial charge on any atom is 0.246 e. The number of aromatic hydroxyl groups is 2. The highest BCUT2D eigenvalue weighted by Gasteiger charge is 2.40. The van der Waals surface area contributed by atoms with Crippen molar-refractivity contribution in [2.45, 2.75) is 146 Å². The van der Waals surface area contributed by atoms with E-state index in [0.717, 1.165) is 0 Å². The highest BCUT2D eigenvalue weighted by molar-refractivity contribution is 7.80. The number of hydrogen-bond acceptors (Lipinski definition) is 16. The SMILES string of the molecule is CC[C@H](C)[C@H](N)C(=O)N[C@@H](CS)C(=O)N1CCC[C@H]1C(=O)N[C@@H](CS)C(=O)N[C@@H](Cc1ccc(O)cc1)C(=O)N[C@@H](CCCN=C(N)N)C(=O)N[C@@H](CC(C)C)C(=O)N[C@@H](CCCN=C(N)N)C(=O)N[C@@H](Cc1ccc(O)cc1)C(N)=O. The molecular weight excluding hydrogens is 1100 g/mol. The first-order chi connectivity index (χ1) is 38.8. The Hall–Kier alpha value is -7.53. The summed E-state index contributed by atoms with van der Waals surface area (Å²) in [4.78, 5) is 134. The van der Waals surface area contributed by atoms with Crippen LogP contribution in [0.25, 0.3) is 0 Å². The fraction of sp³-hybridized carbons (Fsp3) is 0.566. The van der Waals surface area contributed by atoms with Crippen molar-refractivity contribution in [1.82, 2.24) is 42.1 Å². The zero-order valence-electron chi connectivity index (χ0n) is 46.8. The number of thiol groups is 2. The molecule has 2 aromatic rings. The van der Waals surface area contributed by atoms with Crippen molar-refractivity contribution >= 4 is 90.3 Å². The third-order valence-corrected chi connectivity index (χ3v) is 14.3. The van der Waals surface area contributed by atoms with Gasteiger partial charge in [0.15, 0.2) is 11.9 Å². The molecule has 82 heavy (non-hydrogen) atoms. The number of primary amides is 1. The molecule has 1 heterocycles. The molecule has 1 aliphatic rings. The van der Waals surface area contributed by atoms with Crippen LogP contribution >= 0.6 is 25.3 Å². The number of guanidine groups is 2. The Morgan fingerprint density at radius 3 is 1.45 bits per heavy atom. The third-order valence-electron chi connectivity index (χ3n) is 13.6. The number of hydrogen-bond donors (Lipinski definition) is 17. The van der Waals surface area contributed by atoms with E-state index in [-0.39, 0.29) is 118 Å². The van der Waals surface area contributed by atoms with Crippen LogP contribution in [0.5, 0.6) is 11.5 Å². The van der Waals surface area contributed by atoms with Crippen LogP contribution in [0.2, 0.25) is 0 Å². The monoisotopic (exact) mass is 1180 g/mol. The lowest BCUT2D eigenvalue weighted by Crippen LogP contribution is -2.61. The van der Waals surface area contributed by atoms with Crippen LogP contribution in [0.4, 0.5) is 0 Å². The first-order valence-corrected chi connectivity index (χ1v) is 28.4. The minimum atomic E-state index is -1.46. The molecule has 29 heteroatoms. The van der Waals surface area contributed by atoms with Crippen molar-refractivity contribution in [3.63, 3.8) is 0 Å². The lowest BCUT2D eigenvalue weighted by Gasteiger charge is -2.30. The van der Waals surface area contributed by atoms with E-state index in [9.17, 15) is 53.4 Å². The molecule has 0 aliphatic carbocycles. The topological polar surface area (TPSA) is 462 Å². The summed E-state index contributed by atoms with van der Waals surface area (Å²) in [6, 6.07) is 0.500. The van der Waals surface area contributed by atoms with Crippen molar-refractivity contribution in [1.29, 1.82) is 0 Å². The number of rotatable bonds is 34. The van der Waals surface area contributed by atoms with Crippen molar-refractivity contribution < 1.29 is 53.4 Å². The summed E-state index contributed by atoms with van der Waals surface area (Å²) in [5, 5.41) is 38.4. The van der Waals surface area contributed by atoms with Gasteiger partial charge in [0.2, 0.25) is 53.2 Å². The highest BCUT2D eigenvalue weighted by atomic mass is 32.1. The van der Waals surface area contributed by atoms with E-state index < -0.39 is 108 Å². The van der Waals surface area contributed by atoms with Gasteiger partial charge in [0.1, 0.15) is 59.8 Å². The van der Waals surface area contributed by atoms with Crippen LogP contribution < -0.4 is 71.6 Å². The first-order valence-electron chi connectivity index (χ1n) is 27.1. The smallest absolute Gasteiger partial charge is 0.246 e. The van der Waals surface area contributed by atoms with Gasteiger partial charge >= 0.3 is 0 Å². The minimum Gasteiger partial charge on any atom is -0.508 e. The number of phenols is 2. The van der Waals surface area contributed by atoms with Crippen molar-refractivity contribution in [3.8, 4) is 11.5 Å². The Kier molecular flexibility index (Phi) is 29.1. The summed E-state index contributed by atoms with van der Waals surface area (Å²) >= 11 is 8.62. The Balaban J connectivity index is 1.92. The lowest BCUT2D eigenvalue weighted by atomic mass is 9.99. The zero-order chi connectivity index (χ0) is 61.2. The van der Waals surface area contributed by atoms with Crippen molar-refractivity contribution in [3.05, 3.63) is 59.7 Å². The van der Waals surface area contributed by atoms with E-state index in [0.29, 0.717) is 24.0 Å². The average Bonchev–Trinajstić information content (AvgIpc) is 4.05. The van der Waals surface area contributed by atoms with Gasteiger partial charge in [0.05, 0.1) is 6.04 Å². The summed E-state index contributed by atoms with van der Waals surface area (Å²) in [5.41, 5.74) is 35.0. The number of carbonyl (C=O) groups is 9. The number of carbonyl (C=O) groups excluding carboxylic acids is 9. The second kappa shape index (κ2) is 34.7. The van der Waals surface area contributed by atoms with Crippen LogP contribution in [0, 0.1) is 11.8 Å². The van der Waals surface area contributed by atoms with E-state index >= 15 is 0 Å². The second-order valence-electron chi connectivity index (χ2n) is 20.6. The molecule has 10 atom stereocenters. The highest BCUT2D eigenvalue weighted by Crippen LogP contribution is 2.21. The zero-order valence-corrected chi connectivity index (χ0v) is 48.6. The molecule has 0 saturated carbocycles. The number of benzene rings is 2. The fourth-order valence-electron chi connectivity index (χ4n) is 8.71. The number of likely N-dealkylation sites (tertiary alicyclic amines) is 1. The standard InChI is InChI=1S/C53H84N16O11S2/c1-5-29(4)42(54)50(79)68-40(27-82)51(80)69-22-8-11-41(69)49(78)67-39(26-81)48(77)66-38(25-31-14-18-33(71)19-15-31)47(76)63-35(10-7-21-61-53(58)59)45(74)65-37(23-28(2)3)46(75)62-34(9-6-20-60-52(56)57)44(73)64-36(43(55)72)24-30-12-16-32(70)17-13-30/h12-19,28-29,34-42,70-71,81-82H,5-11,20-27,54H2,1-4H3,(H2,55,72)(H,62,75)(H,63,76)(H,64,73)(H,65,74)(H,66,77)(H,67,78)(H,68,79)(H4,56,57,60)(H4,58,59,61)/t29-,34-,35-,36-,37-,38-,39-,40-,41-,42-/m0/s1. The van der Waals surface area contributed by atoms with E-state index in [1.165, 1.54) is 41.3 Å². The number of phenolic OH excluding ortho intramolecular Hbond substituents is 2. The molecule has 1 fully saturated rings. The average molecular weight is 1190 g/mol. The molecule has 9 amide bonds. The Morgan fingerprint density at radius 1 is 0.585 bits per heavy atom. The van der Waals surface area contributed by atoms with Crippen LogP contribution in [-0.4, -0.2) is 166 Å². The molecule has 0 spiro atoms. The Bertz CT molecular complexity index is 2530. The third kappa shape index (κ3) is 23.1. The van der Waals surface area contributed by atoms with Gasteiger partial charge in [-0.2, -0.15) is 25.3 Å². The number of aliphatic imine (C=N–C) groups is 2. The number of nitrogens with zero attached hydrogens (tertiary/aromatic N) is 3. The maximum absolute atomic E-state index is 14.6. The van der Waals surface area contributed by atoms with E-state index in [4.69, 9.17) is 34.4 Å². The second-order valence-corrected chi connectivity index (χ2v) is 21.3. The van der Waals surface area contributed by atoms with Crippen molar-refractivity contribution in [2.75, 3.05) is 31.1 Å². The van der Waals surface area contributed by atoms with Gasteiger partial charge < -0.3 is 86.7 Å². The molecule has 1 saturated heterocycles. The summed E-state index contributed by atoms with van der Waals surface area (Å²) in [7, 11) is 0. The summed E-state index contributed by atoms with van der Waals surface area (Å²) in [6.07, 6.45) is 1.21. The van der Waals surface area contributed by atoms with Gasteiger partial charge in [0, 0.05) is 44.0 Å². The molecule has 3 rings (SSSR count). The van der Waals surface area contributed by atoms with Crippen LogP contribution in [0.3, 0.4) is 0 Å². The predicted molar refractivity (Wildman–Crippen MR) is 315 cm³/mol. The lowest BCUT2D eigenvalue weighted by molar-refractivity contribution is -0.141. The van der Waals surface area contributed by atoms with E-state index in [1.807, 2.05) is 13.8 Å². The van der Waals surface area contributed by atoms with Gasteiger partial charge in [-0.05, 0) is 92.2 Å². The molecule has 27 nitrogen and oxygen atoms in total. The molecule has 21 N–H and O–H groups in total. The van der Waals surface area contributed by atoms with Gasteiger partial charge in [0.25, 0.3) is 0 Å². The number of nitrogens with one attached hydrogen (secondary N) is 7. The molecule has 0 unspecified atom stereocenters. The van der Waals surface area contributed by atoms with Crippen LogP contribution in [0.15, 0.2) is 58.5 Å². The first kappa shape index (κ1) is 68.7. The van der Waals surface area contributed by atoms with Crippen LogP contribution in [-0.2, 0) is 56.0 Å². The minimum absolute atomic E-state index is 0.0188. The quantitative estimate of drug-likeness (QED) is 0.0145. The molecule has 0 aromatic heterocycles. The van der Waals surface area contributed by atoms with Gasteiger partial charge in [-0.1, -0.05) is 58.4 Å². The number of nitrogens with two attached hydrogens (primary N) is 6. The van der Waals surface area contributed by atoms with Crippen LogP contribution in [0.1, 0.15) is 90.2 Å². The largest absolute Gasteiger partial charge is 0.508 e. The molecule has 2 aromatic carbocycles. The summed E-state index contributed by atoms with van der Waals surface area (Å²) < 4.78 is 0. The van der Waals surface area contributed by atoms with Gasteiger partial charge in [-0.15, -0.1) is 0 Å². The molecule has 0 bridgehead atoms. The van der Waals surface area contributed by atoms with Gasteiger partial charge in [-0.25, -0.2) is 0 Å². The predicted octanol–water partition coefficient (Wildman–Crippen LogP) is -2.86. The summed E-state index contributed by atoms with van der Waals surface area (Å²) in [5.74, 6) is -8.18. The Morgan fingerprint density at radius 2 is 1.00 bits per heavy atom. The molecule has 0 radical (unpaired) electrons. The molecular formula is C53H84N16O11S2. The van der Waals surface area contributed by atoms with E-state index in [1.54, 1.807) is 26.0 Å². The van der Waals surface area contributed by atoms with E-state index in [2.05, 4.69) is 72.5 Å². The van der Waals surface area contributed by atoms with Gasteiger partial charge in [-0.3, -0.25) is 53.1 Å². The molecule has 454 valence electrons. The fourth-order valence-corrected chi connectivity index (χ4v) is 9.21. The summed E-state index contributed by atoms with van der Waals surface area (Å²) in [6.45, 7) is 7.52.